The van der Waals surface area contributed by atoms with Crippen LogP contribution in [0.5, 0.6) is 0 Å². The monoisotopic (exact) mass is 818 g/mol. The van der Waals surface area contributed by atoms with Crippen LogP contribution in [0, 0.1) is 22.7 Å². The predicted octanol–water partition coefficient (Wildman–Crippen LogP) is 12.8. The zero-order valence-corrected chi connectivity index (χ0v) is 34.2. The second-order valence-corrected chi connectivity index (χ2v) is 14.9. The van der Waals surface area contributed by atoms with Crippen LogP contribution >= 0.6 is 0 Å². The molecule has 0 fully saturated rings. The van der Waals surface area contributed by atoms with Crippen molar-refractivity contribution in [2.75, 3.05) is 0 Å². The van der Waals surface area contributed by atoms with Gasteiger partial charge < -0.3 is 0 Å². The van der Waals surface area contributed by atoms with Crippen LogP contribution in [0.2, 0.25) is 0 Å². The molecule has 64 heavy (non-hydrogen) atoms. The number of rotatable bonds is 9. The Balaban J connectivity index is 1.05. The van der Waals surface area contributed by atoms with Crippen molar-refractivity contribution in [2.24, 2.45) is 0 Å². The number of benzene rings is 8. The van der Waals surface area contributed by atoms with Crippen LogP contribution in [-0.2, 0) is 0 Å². The van der Waals surface area contributed by atoms with Crippen molar-refractivity contribution in [1.82, 2.24) is 29.9 Å². The van der Waals surface area contributed by atoms with Crippen molar-refractivity contribution in [3.05, 3.63) is 217 Å². The highest BCUT2D eigenvalue weighted by Crippen LogP contribution is 2.41. The molecular formula is C56H34N8. The van der Waals surface area contributed by atoms with Crippen molar-refractivity contribution in [1.29, 1.82) is 10.5 Å². The SMILES string of the molecule is N#Cc1cc(-c2nc(-c3ccccc3)nc(-c3ccccc3)n2)ccc1-c1ccccc1-c1ccccc1-c1ccc(-c2nc(-c3ccccc3)nc(-c3ccccc3)n2)cc1C#N. The van der Waals surface area contributed by atoms with E-state index >= 15 is 0 Å². The summed E-state index contributed by atoms with van der Waals surface area (Å²) in [6.45, 7) is 0. The molecule has 0 aliphatic rings. The van der Waals surface area contributed by atoms with E-state index in [2.05, 4.69) is 24.3 Å². The fourth-order valence-corrected chi connectivity index (χ4v) is 7.80. The molecule has 8 nitrogen and oxygen atoms in total. The third-order valence-corrected chi connectivity index (χ3v) is 10.9. The lowest BCUT2D eigenvalue weighted by atomic mass is 9.86. The van der Waals surface area contributed by atoms with E-state index in [9.17, 15) is 10.5 Å². The van der Waals surface area contributed by atoms with Crippen molar-refractivity contribution in [3.8, 4) is 114 Å². The lowest BCUT2D eigenvalue weighted by Gasteiger charge is -2.17. The van der Waals surface area contributed by atoms with Gasteiger partial charge in [-0.3, -0.25) is 0 Å². The minimum Gasteiger partial charge on any atom is -0.208 e. The van der Waals surface area contributed by atoms with E-state index in [1.165, 1.54) is 0 Å². The van der Waals surface area contributed by atoms with Gasteiger partial charge in [0.25, 0.3) is 0 Å². The van der Waals surface area contributed by atoms with E-state index in [1.807, 2.05) is 194 Å². The van der Waals surface area contributed by atoms with Crippen LogP contribution in [0.1, 0.15) is 11.1 Å². The summed E-state index contributed by atoms with van der Waals surface area (Å²) in [5.74, 6) is 3.10. The van der Waals surface area contributed by atoms with Gasteiger partial charge in [0, 0.05) is 44.5 Å². The predicted molar refractivity (Wildman–Crippen MR) is 252 cm³/mol. The largest absolute Gasteiger partial charge is 0.208 e. The van der Waals surface area contributed by atoms with Crippen molar-refractivity contribution in [3.63, 3.8) is 0 Å². The number of nitriles is 2. The average molecular weight is 819 g/mol. The lowest BCUT2D eigenvalue weighted by molar-refractivity contribution is 1.07. The molecule has 0 aliphatic carbocycles. The summed E-state index contributed by atoms with van der Waals surface area (Å²) in [7, 11) is 0. The molecule has 0 spiro atoms. The fraction of sp³-hybridized carbons (Fsp3) is 0. The van der Waals surface area contributed by atoms with Gasteiger partial charge in [-0.1, -0.05) is 194 Å². The van der Waals surface area contributed by atoms with E-state index < -0.39 is 0 Å². The second-order valence-electron chi connectivity index (χ2n) is 14.9. The van der Waals surface area contributed by atoms with Gasteiger partial charge in [0.05, 0.1) is 23.3 Å². The highest BCUT2D eigenvalue weighted by molar-refractivity contribution is 5.94. The van der Waals surface area contributed by atoms with Gasteiger partial charge in [-0.2, -0.15) is 10.5 Å². The molecule has 0 bridgehead atoms. The van der Waals surface area contributed by atoms with Gasteiger partial charge in [0.2, 0.25) is 0 Å². The summed E-state index contributed by atoms with van der Waals surface area (Å²) in [6, 6.07) is 71.7. The third-order valence-electron chi connectivity index (χ3n) is 10.9. The normalized spacial score (nSPS) is 10.8. The molecular weight excluding hydrogens is 785 g/mol. The Labute approximate surface area is 370 Å². The molecule has 8 heteroatoms. The first-order valence-corrected chi connectivity index (χ1v) is 20.7. The van der Waals surface area contributed by atoms with Gasteiger partial charge in [-0.05, 0) is 34.4 Å². The summed E-state index contributed by atoms with van der Waals surface area (Å²) in [6.07, 6.45) is 0. The summed E-state index contributed by atoms with van der Waals surface area (Å²) >= 11 is 0. The number of nitrogens with zero attached hydrogens (tertiary/aromatic N) is 8. The van der Waals surface area contributed by atoms with Crippen LogP contribution in [0.25, 0.3) is 102 Å². The van der Waals surface area contributed by atoms with Gasteiger partial charge >= 0.3 is 0 Å². The van der Waals surface area contributed by atoms with Gasteiger partial charge in [0.1, 0.15) is 0 Å². The summed E-state index contributed by atoms with van der Waals surface area (Å²) < 4.78 is 0. The Morgan fingerprint density at radius 3 is 0.734 bits per heavy atom. The molecule has 0 unspecified atom stereocenters. The zero-order chi connectivity index (χ0) is 43.2. The fourth-order valence-electron chi connectivity index (χ4n) is 7.80. The average Bonchev–Trinajstić information content (AvgIpc) is 3.39. The quantitative estimate of drug-likeness (QED) is 0.141. The Morgan fingerprint density at radius 1 is 0.234 bits per heavy atom. The lowest BCUT2D eigenvalue weighted by Crippen LogP contribution is -2.01. The summed E-state index contributed by atoms with van der Waals surface area (Å²) in [5.41, 5.74) is 10.8. The van der Waals surface area contributed by atoms with Crippen molar-refractivity contribution < 1.29 is 0 Å². The molecule has 0 atom stereocenters. The standard InChI is InChI=1S/C56H34N8/c57-35-43-33-41(55-61-51(37-17-5-1-6-18-37)59-52(62-55)38-19-7-2-8-20-38)29-31-45(43)47-25-13-15-27-49(47)50-28-16-14-26-48(50)46-32-30-42(34-44(46)36-58)56-63-53(39-21-9-3-10-22-39)60-54(64-56)40-23-11-4-12-24-40/h1-34H. The Morgan fingerprint density at radius 2 is 0.469 bits per heavy atom. The molecule has 0 N–H and O–H groups in total. The van der Waals surface area contributed by atoms with Crippen LogP contribution in [-0.4, -0.2) is 29.9 Å². The molecule has 0 amide bonds. The number of hydrogen-bond donors (Lipinski definition) is 0. The molecule has 10 aromatic rings. The smallest absolute Gasteiger partial charge is 0.164 e. The minimum atomic E-state index is 0.464. The van der Waals surface area contributed by atoms with E-state index in [-0.39, 0.29) is 0 Å². The molecule has 10 rings (SSSR count). The van der Waals surface area contributed by atoms with Crippen LogP contribution in [0.15, 0.2) is 206 Å². The third kappa shape index (κ3) is 7.78. The second kappa shape index (κ2) is 17.4. The van der Waals surface area contributed by atoms with E-state index in [0.29, 0.717) is 57.2 Å². The van der Waals surface area contributed by atoms with Crippen molar-refractivity contribution in [2.45, 2.75) is 0 Å². The van der Waals surface area contributed by atoms with Crippen molar-refractivity contribution >= 4 is 0 Å². The van der Waals surface area contributed by atoms with E-state index in [0.717, 1.165) is 55.6 Å². The molecule has 2 heterocycles. The van der Waals surface area contributed by atoms with Crippen LogP contribution in [0.3, 0.4) is 0 Å². The van der Waals surface area contributed by atoms with Gasteiger partial charge in [-0.25, -0.2) is 29.9 Å². The Hall–Kier alpha value is -9.24. The van der Waals surface area contributed by atoms with Gasteiger partial charge in [-0.15, -0.1) is 0 Å². The molecule has 8 aromatic carbocycles. The summed E-state index contributed by atoms with van der Waals surface area (Å²) in [5, 5.41) is 21.4. The minimum absolute atomic E-state index is 0.464. The molecule has 0 saturated carbocycles. The molecule has 2 aromatic heterocycles. The highest BCUT2D eigenvalue weighted by Gasteiger charge is 2.20. The molecule has 0 aliphatic heterocycles. The number of aromatic nitrogens is 6. The first kappa shape index (κ1) is 38.9. The molecule has 0 radical (unpaired) electrons. The molecule has 0 saturated heterocycles. The Bertz CT molecular complexity index is 3050. The first-order valence-electron chi connectivity index (χ1n) is 20.7. The van der Waals surface area contributed by atoms with Crippen LogP contribution < -0.4 is 0 Å². The maximum atomic E-state index is 10.7. The maximum absolute atomic E-state index is 10.7. The van der Waals surface area contributed by atoms with Crippen LogP contribution in [0.4, 0.5) is 0 Å². The number of hydrogen-bond acceptors (Lipinski definition) is 8. The van der Waals surface area contributed by atoms with Gasteiger partial charge in [0.15, 0.2) is 34.9 Å². The van der Waals surface area contributed by atoms with E-state index in [1.54, 1.807) is 0 Å². The first-order chi connectivity index (χ1) is 31.6. The highest BCUT2D eigenvalue weighted by atomic mass is 15.0. The van der Waals surface area contributed by atoms with E-state index in [4.69, 9.17) is 29.9 Å². The topological polar surface area (TPSA) is 125 Å². The molecule has 298 valence electrons. The maximum Gasteiger partial charge on any atom is 0.164 e. The zero-order valence-electron chi connectivity index (χ0n) is 34.2. The summed E-state index contributed by atoms with van der Waals surface area (Å²) in [4.78, 5) is 29.2. The Kier molecular flexibility index (Phi) is 10.6.